The van der Waals surface area contributed by atoms with Crippen molar-refractivity contribution in [2.24, 2.45) is 7.05 Å². The van der Waals surface area contributed by atoms with Gasteiger partial charge in [-0.3, -0.25) is 20.6 Å². The summed E-state index contributed by atoms with van der Waals surface area (Å²) in [4.78, 5) is 12.1. The smallest absolute Gasteiger partial charge is 0.244 e. The lowest BCUT2D eigenvalue weighted by Gasteiger charge is -2.19. The number of amidine groups is 1. The Balaban J connectivity index is 1.67. The second-order valence-electron chi connectivity index (χ2n) is 4.91. The first-order chi connectivity index (χ1) is 9.65. The second-order valence-corrected chi connectivity index (χ2v) is 4.91. The quantitative estimate of drug-likeness (QED) is 0.885. The first kappa shape index (κ1) is 12.5. The molecule has 1 aromatic carbocycles. The van der Waals surface area contributed by atoms with E-state index >= 15 is 0 Å². The highest BCUT2D eigenvalue weighted by atomic mass is 16.2. The van der Waals surface area contributed by atoms with E-state index in [1.165, 1.54) is 0 Å². The highest BCUT2D eigenvalue weighted by molar-refractivity contribution is 6.01. The van der Waals surface area contributed by atoms with Gasteiger partial charge in [-0.05, 0) is 17.7 Å². The van der Waals surface area contributed by atoms with Crippen molar-refractivity contribution in [1.29, 1.82) is 5.41 Å². The number of aromatic nitrogens is 1. The van der Waals surface area contributed by atoms with Crippen molar-refractivity contribution in [3.8, 4) is 0 Å². The summed E-state index contributed by atoms with van der Waals surface area (Å²) < 4.78 is 1.92. The number of fused-ring (bicyclic) bond motifs is 1. The molecule has 2 heterocycles. The van der Waals surface area contributed by atoms with Gasteiger partial charge < -0.3 is 4.57 Å². The molecule has 0 atom stereocenters. The van der Waals surface area contributed by atoms with Crippen LogP contribution in [0.3, 0.4) is 0 Å². The Bertz CT molecular complexity index is 674. The normalized spacial score (nSPS) is 13.4. The lowest BCUT2D eigenvalue weighted by atomic mass is 10.1. The van der Waals surface area contributed by atoms with Crippen LogP contribution >= 0.6 is 0 Å². The van der Waals surface area contributed by atoms with Crippen molar-refractivity contribution in [3.05, 3.63) is 59.4 Å². The Labute approximate surface area is 117 Å². The Kier molecular flexibility index (Phi) is 3.02. The number of benzene rings is 1. The van der Waals surface area contributed by atoms with E-state index in [0.717, 1.165) is 16.8 Å². The first-order valence-corrected chi connectivity index (χ1v) is 6.49. The van der Waals surface area contributed by atoms with E-state index in [1.807, 2.05) is 54.2 Å². The first-order valence-electron chi connectivity index (χ1n) is 6.49. The van der Waals surface area contributed by atoms with Gasteiger partial charge >= 0.3 is 0 Å². The second kappa shape index (κ2) is 4.85. The number of aryl methyl sites for hydroxylation is 1. The SMILES string of the molecule is Cn1cccc1CC(=O)NN1Cc2ccccc2C1=N. The molecule has 0 saturated carbocycles. The van der Waals surface area contributed by atoms with Gasteiger partial charge in [0.25, 0.3) is 0 Å². The maximum atomic E-state index is 12.1. The van der Waals surface area contributed by atoms with Crippen LogP contribution in [0.2, 0.25) is 0 Å². The Morgan fingerprint density at radius 3 is 2.80 bits per heavy atom. The van der Waals surface area contributed by atoms with Gasteiger partial charge in [-0.25, -0.2) is 0 Å². The molecule has 1 aliphatic rings. The van der Waals surface area contributed by atoms with Gasteiger partial charge in [0.05, 0.1) is 13.0 Å². The summed E-state index contributed by atoms with van der Waals surface area (Å²) in [6.07, 6.45) is 2.22. The summed E-state index contributed by atoms with van der Waals surface area (Å²) in [6.45, 7) is 0.549. The van der Waals surface area contributed by atoms with Crippen LogP contribution in [0.5, 0.6) is 0 Å². The van der Waals surface area contributed by atoms with E-state index in [1.54, 1.807) is 5.01 Å². The maximum Gasteiger partial charge on any atom is 0.244 e. The molecule has 20 heavy (non-hydrogen) atoms. The predicted octanol–water partition coefficient (Wildman–Crippen LogP) is 1.44. The number of hydrogen-bond acceptors (Lipinski definition) is 2. The molecule has 1 aliphatic heterocycles. The monoisotopic (exact) mass is 268 g/mol. The lowest BCUT2D eigenvalue weighted by Crippen LogP contribution is -2.43. The molecule has 2 N–H and O–H groups in total. The highest BCUT2D eigenvalue weighted by Gasteiger charge is 2.25. The summed E-state index contributed by atoms with van der Waals surface area (Å²) in [5.41, 5.74) is 5.69. The lowest BCUT2D eigenvalue weighted by molar-refractivity contribution is -0.123. The minimum Gasteiger partial charge on any atom is -0.354 e. The van der Waals surface area contributed by atoms with Crippen LogP contribution in [0.15, 0.2) is 42.6 Å². The maximum absolute atomic E-state index is 12.1. The number of hydrogen-bond donors (Lipinski definition) is 2. The number of nitrogens with zero attached hydrogens (tertiary/aromatic N) is 2. The van der Waals surface area contributed by atoms with Crippen LogP contribution in [0.4, 0.5) is 0 Å². The molecule has 1 aromatic heterocycles. The number of carbonyl (C=O) groups is 1. The Hall–Kier alpha value is -2.56. The molecule has 0 unspecified atom stereocenters. The zero-order valence-corrected chi connectivity index (χ0v) is 11.3. The third-order valence-electron chi connectivity index (χ3n) is 3.52. The molecule has 1 amide bonds. The van der Waals surface area contributed by atoms with Crippen LogP contribution in [0, 0.1) is 5.41 Å². The van der Waals surface area contributed by atoms with Gasteiger partial charge in [0, 0.05) is 24.5 Å². The summed E-state index contributed by atoms with van der Waals surface area (Å²) in [6, 6.07) is 11.6. The minimum atomic E-state index is -0.107. The van der Waals surface area contributed by atoms with Crippen LogP contribution in [0.1, 0.15) is 16.8 Å². The number of amides is 1. The number of nitrogens with one attached hydrogen (secondary N) is 2. The van der Waals surface area contributed by atoms with Crippen molar-refractivity contribution in [3.63, 3.8) is 0 Å². The molecule has 0 spiro atoms. The van der Waals surface area contributed by atoms with Crippen molar-refractivity contribution >= 4 is 11.7 Å². The molecule has 102 valence electrons. The van der Waals surface area contributed by atoms with Crippen LogP contribution in [-0.2, 0) is 24.8 Å². The van der Waals surface area contributed by atoms with Crippen LogP contribution < -0.4 is 5.43 Å². The van der Waals surface area contributed by atoms with E-state index in [2.05, 4.69) is 5.43 Å². The van der Waals surface area contributed by atoms with E-state index in [4.69, 9.17) is 5.41 Å². The standard InChI is InChI=1S/C15H16N4O/c1-18-8-4-6-12(18)9-14(20)17-19-10-11-5-2-3-7-13(11)15(19)16/h2-8,16H,9-10H2,1H3,(H,17,20). The third kappa shape index (κ3) is 2.18. The van der Waals surface area contributed by atoms with Gasteiger partial charge in [-0.15, -0.1) is 0 Å². The average Bonchev–Trinajstić information content (AvgIpc) is 2.96. The molecule has 3 rings (SSSR count). The fourth-order valence-corrected chi connectivity index (χ4v) is 2.41. The fourth-order valence-electron chi connectivity index (χ4n) is 2.41. The van der Waals surface area contributed by atoms with E-state index in [-0.39, 0.29) is 5.91 Å². The molecule has 0 aliphatic carbocycles. The molecular formula is C15H16N4O. The fraction of sp³-hybridized carbons (Fsp3) is 0.200. The summed E-state index contributed by atoms with van der Waals surface area (Å²) in [7, 11) is 1.91. The van der Waals surface area contributed by atoms with Gasteiger partial charge in [0.1, 0.15) is 5.84 Å². The molecule has 0 bridgehead atoms. The van der Waals surface area contributed by atoms with Gasteiger partial charge in [-0.2, -0.15) is 0 Å². The van der Waals surface area contributed by atoms with Crippen LogP contribution in [-0.4, -0.2) is 21.3 Å². The minimum absolute atomic E-state index is 0.107. The Morgan fingerprint density at radius 2 is 2.10 bits per heavy atom. The zero-order valence-electron chi connectivity index (χ0n) is 11.3. The summed E-state index contributed by atoms with van der Waals surface area (Å²) >= 11 is 0. The van der Waals surface area contributed by atoms with E-state index in [9.17, 15) is 4.79 Å². The largest absolute Gasteiger partial charge is 0.354 e. The van der Waals surface area contributed by atoms with E-state index < -0.39 is 0 Å². The molecule has 2 aromatic rings. The van der Waals surface area contributed by atoms with Crippen molar-refractivity contribution in [1.82, 2.24) is 15.0 Å². The molecule has 5 nitrogen and oxygen atoms in total. The molecule has 0 fully saturated rings. The van der Waals surface area contributed by atoms with Crippen LogP contribution in [0.25, 0.3) is 0 Å². The molecule has 5 heteroatoms. The molecule has 0 saturated heterocycles. The predicted molar refractivity (Wildman–Crippen MR) is 76.1 cm³/mol. The molecular weight excluding hydrogens is 252 g/mol. The van der Waals surface area contributed by atoms with Gasteiger partial charge in [-0.1, -0.05) is 24.3 Å². The highest BCUT2D eigenvalue weighted by Crippen LogP contribution is 2.20. The third-order valence-corrected chi connectivity index (χ3v) is 3.52. The number of rotatable bonds is 3. The van der Waals surface area contributed by atoms with Gasteiger partial charge in [0.2, 0.25) is 5.91 Å². The van der Waals surface area contributed by atoms with E-state index in [0.29, 0.717) is 18.8 Å². The zero-order chi connectivity index (χ0) is 14.1. The van der Waals surface area contributed by atoms with Crippen molar-refractivity contribution in [2.45, 2.75) is 13.0 Å². The Morgan fingerprint density at radius 1 is 1.30 bits per heavy atom. The average molecular weight is 268 g/mol. The molecule has 0 radical (unpaired) electrons. The summed E-state index contributed by atoms with van der Waals surface area (Å²) in [5.74, 6) is 0.241. The topological polar surface area (TPSA) is 61.1 Å². The summed E-state index contributed by atoms with van der Waals surface area (Å²) in [5, 5.41) is 9.67. The van der Waals surface area contributed by atoms with Crippen molar-refractivity contribution < 1.29 is 4.79 Å². The number of carbonyl (C=O) groups excluding carboxylic acids is 1. The number of hydrazine groups is 1. The van der Waals surface area contributed by atoms with Crippen molar-refractivity contribution in [2.75, 3.05) is 0 Å². The van der Waals surface area contributed by atoms with Gasteiger partial charge in [0.15, 0.2) is 0 Å².